The van der Waals surface area contributed by atoms with Gasteiger partial charge in [-0.05, 0) is 75.2 Å². The van der Waals surface area contributed by atoms with Crippen LogP contribution in [0.2, 0.25) is 5.02 Å². The molecule has 1 amide bonds. The third kappa shape index (κ3) is 4.15. The minimum Gasteiger partial charge on any atom is -0.495 e. The van der Waals surface area contributed by atoms with E-state index in [0.717, 1.165) is 34.0 Å². The van der Waals surface area contributed by atoms with E-state index in [-0.39, 0.29) is 17.1 Å². The molecule has 0 radical (unpaired) electrons. The summed E-state index contributed by atoms with van der Waals surface area (Å²) in [5.74, 6) is -0.177. The number of allylic oxidation sites excluding steroid dienone is 1. The zero-order chi connectivity index (χ0) is 25.4. The molecular formula is C28H27ClN2O4. The molecule has 2 aromatic carbocycles. The van der Waals surface area contributed by atoms with E-state index in [1.54, 1.807) is 44.4 Å². The monoisotopic (exact) mass is 490 g/mol. The molecule has 0 N–H and O–H groups in total. The zero-order valence-corrected chi connectivity index (χ0v) is 21.4. The van der Waals surface area contributed by atoms with Crippen molar-refractivity contribution < 1.29 is 19.1 Å². The summed E-state index contributed by atoms with van der Waals surface area (Å²) in [4.78, 5) is 27.9. The number of benzene rings is 2. The lowest BCUT2D eigenvalue weighted by atomic mass is 10.0. The maximum Gasteiger partial charge on any atom is 0.340 e. The first-order valence-corrected chi connectivity index (χ1v) is 11.5. The Morgan fingerprint density at radius 2 is 1.69 bits per heavy atom. The predicted octanol–water partition coefficient (Wildman–Crippen LogP) is 5.94. The topological polar surface area (TPSA) is 60.8 Å². The number of carbonyl (C=O) groups excluding carboxylic acids is 2. The lowest BCUT2D eigenvalue weighted by Gasteiger charge is -2.19. The average molecular weight is 491 g/mol. The van der Waals surface area contributed by atoms with Crippen molar-refractivity contribution in [3.8, 4) is 11.4 Å². The molecule has 0 atom stereocenters. The Bertz CT molecular complexity index is 1410. The van der Waals surface area contributed by atoms with Gasteiger partial charge in [-0.15, -0.1) is 0 Å². The Hall–Kier alpha value is -3.77. The summed E-state index contributed by atoms with van der Waals surface area (Å²) < 4.78 is 12.7. The fraction of sp³-hybridized carbons (Fsp3) is 0.214. The molecule has 6 nitrogen and oxygen atoms in total. The van der Waals surface area contributed by atoms with E-state index in [0.29, 0.717) is 16.4 Å². The smallest absolute Gasteiger partial charge is 0.340 e. The van der Waals surface area contributed by atoms with Crippen molar-refractivity contribution in [2.75, 3.05) is 19.1 Å². The van der Waals surface area contributed by atoms with Gasteiger partial charge < -0.3 is 14.0 Å². The lowest BCUT2D eigenvalue weighted by Crippen LogP contribution is -2.24. The second-order valence-corrected chi connectivity index (χ2v) is 8.85. The summed E-state index contributed by atoms with van der Waals surface area (Å²) in [7, 11) is 2.95. The van der Waals surface area contributed by atoms with E-state index in [2.05, 4.69) is 10.6 Å². The van der Waals surface area contributed by atoms with Crippen LogP contribution in [-0.4, -0.2) is 30.7 Å². The van der Waals surface area contributed by atoms with E-state index < -0.39 is 5.97 Å². The summed E-state index contributed by atoms with van der Waals surface area (Å²) >= 11 is 6.40. The van der Waals surface area contributed by atoms with Crippen LogP contribution in [0.3, 0.4) is 0 Å². The van der Waals surface area contributed by atoms with Gasteiger partial charge in [0, 0.05) is 17.1 Å². The SMILES string of the molecule is COC(=O)C1=C(C)N(c2ccccc2Cl)C(=O)/C1=C\c1cc(C)n(-c2cc(C)ccc2OC)c1C. The third-order valence-corrected chi connectivity index (χ3v) is 6.55. The molecule has 0 unspecified atom stereocenters. The van der Waals surface area contributed by atoms with E-state index >= 15 is 0 Å². The minimum absolute atomic E-state index is 0.218. The van der Waals surface area contributed by atoms with Gasteiger partial charge in [0.1, 0.15) is 5.75 Å². The number of halogens is 1. The molecule has 0 saturated heterocycles. The number of aryl methyl sites for hydroxylation is 2. The van der Waals surface area contributed by atoms with Gasteiger partial charge in [-0.1, -0.05) is 29.8 Å². The Morgan fingerprint density at radius 3 is 2.34 bits per heavy atom. The van der Waals surface area contributed by atoms with Crippen molar-refractivity contribution in [2.24, 2.45) is 0 Å². The Balaban J connectivity index is 1.89. The summed E-state index contributed by atoms with van der Waals surface area (Å²) in [6, 6.07) is 15.0. The van der Waals surface area contributed by atoms with Crippen molar-refractivity contribution in [2.45, 2.75) is 27.7 Å². The molecule has 1 aliphatic heterocycles. The van der Waals surface area contributed by atoms with Gasteiger partial charge in [0.15, 0.2) is 0 Å². The number of hydrogen-bond donors (Lipinski definition) is 0. The van der Waals surface area contributed by atoms with Crippen molar-refractivity contribution in [1.29, 1.82) is 0 Å². The molecular weight excluding hydrogens is 464 g/mol. The Morgan fingerprint density at radius 1 is 0.971 bits per heavy atom. The summed E-state index contributed by atoms with van der Waals surface area (Å²) in [6.45, 7) is 7.71. The number of ether oxygens (including phenoxy) is 2. The highest BCUT2D eigenvalue weighted by atomic mass is 35.5. The highest BCUT2D eigenvalue weighted by molar-refractivity contribution is 6.35. The van der Waals surface area contributed by atoms with Crippen LogP contribution in [0.25, 0.3) is 11.8 Å². The highest BCUT2D eigenvalue weighted by Crippen LogP contribution is 2.39. The van der Waals surface area contributed by atoms with Gasteiger partial charge in [0.2, 0.25) is 0 Å². The van der Waals surface area contributed by atoms with E-state index in [9.17, 15) is 9.59 Å². The van der Waals surface area contributed by atoms with Gasteiger partial charge in [-0.25, -0.2) is 4.79 Å². The van der Waals surface area contributed by atoms with Gasteiger partial charge in [-0.2, -0.15) is 0 Å². The quantitative estimate of drug-likeness (QED) is 0.328. The van der Waals surface area contributed by atoms with Crippen LogP contribution >= 0.6 is 11.6 Å². The summed E-state index contributed by atoms with van der Waals surface area (Å²) in [5.41, 5.74) is 6.14. The van der Waals surface area contributed by atoms with Gasteiger partial charge in [-0.3, -0.25) is 9.69 Å². The highest BCUT2D eigenvalue weighted by Gasteiger charge is 2.38. The molecule has 2 heterocycles. The number of para-hydroxylation sites is 1. The van der Waals surface area contributed by atoms with Crippen LogP contribution in [0.1, 0.15) is 29.4 Å². The number of anilines is 1. The fourth-order valence-electron chi connectivity index (χ4n) is 4.54. The van der Waals surface area contributed by atoms with E-state index in [1.165, 1.54) is 12.0 Å². The first-order valence-electron chi connectivity index (χ1n) is 11.1. The number of rotatable bonds is 5. The number of amides is 1. The molecule has 0 saturated carbocycles. The molecule has 7 heteroatoms. The average Bonchev–Trinajstić information content (AvgIpc) is 3.25. The summed E-state index contributed by atoms with van der Waals surface area (Å²) in [5, 5.41) is 0.412. The fourth-order valence-corrected chi connectivity index (χ4v) is 4.76. The zero-order valence-electron chi connectivity index (χ0n) is 20.6. The molecule has 180 valence electrons. The number of aromatic nitrogens is 1. The second kappa shape index (κ2) is 9.47. The standard InChI is InChI=1S/C28H27ClN2O4/c1-16-11-12-25(34-5)24(13-16)30-17(2)14-20(18(30)3)15-21-26(28(33)35-6)19(4)31(27(21)32)23-10-8-7-9-22(23)29/h7-15H,1-6H3/b21-15-. The van der Waals surface area contributed by atoms with E-state index in [4.69, 9.17) is 21.1 Å². The van der Waals surface area contributed by atoms with Crippen molar-refractivity contribution in [3.63, 3.8) is 0 Å². The van der Waals surface area contributed by atoms with Crippen LogP contribution < -0.4 is 9.64 Å². The molecule has 0 spiro atoms. The van der Waals surface area contributed by atoms with Gasteiger partial charge in [0.05, 0.1) is 41.8 Å². The van der Waals surface area contributed by atoms with Crippen molar-refractivity contribution in [3.05, 3.63) is 92.9 Å². The number of carbonyl (C=O) groups is 2. The maximum atomic E-state index is 13.6. The molecule has 0 aliphatic carbocycles. The first-order chi connectivity index (χ1) is 16.7. The van der Waals surface area contributed by atoms with E-state index in [1.807, 2.05) is 39.0 Å². The molecule has 0 bridgehead atoms. The molecule has 35 heavy (non-hydrogen) atoms. The molecule has 0 fully saturated rings. The van der Waals surface area contributed by atoms with Crippen molar-refractivity contribution in [1.82, 2.24) is 4.57 Å². The molecule has 4 rings (SSSR count). The number of hydrogen-bond acceptors (Lipinski definition) is 4. The normalized spacial score (nSPS) is 14.8. The molecule has 1 aromatic heterocycles. The van der Waals surface area contributed by atoms with Crippen LogP contribution in [0.5, 0.6) is 5.75 Å². The number of methoxy groups -OCH3 is 2. The maximum absolute atomic E-state index is 13.6. The van der Waals surface area contributed by atoms with Gasteiger partial charge >= 0.3 is 5.97 Å². The van der Waals surface area contributed by atoms with Crippen LogP contribution in [0.4, 0.5) is 5.69 Å². The minimum atomic E-state index is -0.578. The molecule has 1 aliphatic rings. The second-order valence-electron chi connectivity index (χ2n) is 8.44. The van der Waals surface area contributed by atoms with Gasteiger partial charge in [0.25, 0.3) is 5.91 Å². The van der Waals surface area contributed by atoms with Crippen LogP contribution in [0.15, 0.2) is 65.4 Å². The van der Waals surface area contributed by atoms with Crippen molar-refractivity contribution >= 4 is 35.2 Å². The Labute approximate surface area is 210 Å². The lowest BCUT2D eigenvalue weighted by molar-refractivity contribution is -0.136. The number of esters is 1. The predicted molar refractivity (Wildman–Crippen MR) is 138 cm³/mol. The Kier molecular flexibility index (Phi) is 6.59. The van der Waals surface area contributed by atoms with Crippen LogP contribution in [-0.2, 0) is 14.3 Å². The summed E-state index contributed by atoms with van der Waals surface area (Å²) in [6.07, 6.45) is 1.75. The van der Waals surface area contributed by atoms with Crippen LogP contribution in [0, 0.1) is 20.8 Å². The number of nitrogens with zero attached hydrogens (tertiary/aromatic N) is 2. The largest absolute Gasteiger partial charge is 0.495 e. The first kappa shape index (κ1) is 24.4. The third-order valence-electron chi connectivity index (χ3n) is 6.23. The molecule has 3 aromatic rings.